The van der Waals surface area contributed by atoms with E-state index in [1.165, 1.54) is 12.1 Å². The molecular weight excluding hydrogens is 361 g/mol. The van der Waals surface area contributed by atoms with E-state index in [-0.39, 0.29) is 0 Å². The van der Waals surface area contributed by atoms with Crippen LogP contribution in [0.2, 0.25) is 0 Å². The number of para-hydroxylation sites is 3. The lowest BCUT2D eigenvalue weighted by atomic mass is 10.0. The maximum Gasteiger partial charge on any atom is 0.416 e. The Kier molecular flexibility index (Phi) is 4.26. The molecule has 28 heavy (non-hydrogen) atoms. The molecule has 0 radical (unpaired) electrons. The topological polar surface area (TPSA) is 17.8 Å². The minimum absolute atomic E-state index is 0.539. The average Bonchev–Trinajstić information content (AvgIpc) is 3.00. The van der Waals surface area contributed by atoms with Gasteiger partial charge in [-0.15, -0.1) is 0 Å². The first-order valence-electron chi connectivity index (χ1n) is 8.99. The Morgan fingerprint density at radius 3 is 2.11 bits per heavy atom. The van der Waals surface area contributed by atoms with Gasteiger partial charge in [-0.3, -0.25) is 4.57 Å². The number of halogens is 3. The first-order chi connectivity index (χ1) is 13.3. The summed E-state index contributed by atoms with van der Waals surface area (Å²) >= 11 is 0. The van der Waals surface area contributed by atoms with Crippen LogP contribution < -0.4 is 0 Å². The summed E-state index contributed by atoms with van der Waals surface area (Å²) in [5.74, 6) is 0.643. The lowest BCUT2D eigenvalue weighted by Gasteiger charge is -2.17. The predicted octanol–water partition coefficient (Wildman–Crippen LogP) is 6.64. The molecule has 4 rings (SSSR count). The zero-order chi connectivity index (χ0) is 20.1. The van der Waals surface area contributed by atoms with E-state index >= 15 is 0 Å². The van der Waals surface area contributed by atoms with Crippen LogP contribution in [0.1, 0.15) is 22.3 Å². The van der Waals surface area contributed by atoms with E-state index in [0.29, 0.717) is 17.0 Å². The van der Waals surface area contributed by atoms with Crippen LogP contribution in [-0.4, -0.2) is 9.55 Å². The molecule has 5 heteroatoms. The van der Waals surface area contributed by atoms with E-state index in [4.69, 9.17) is 4.98 Å². The van der Waals surface area contributed by atoms with Gasteiger partial charge in [0.25, 0.3) is 0 Å². The van der Waals surface area contributed by atoms with E-state index < -0.39 is 11.7 Å². The fourth-order valence-corrected chi connectivity index (χ4v) is 3.68. The Hall–Kier alpha value is -3.08. The number of nitrogens with zero attached hydrogens (tertiary/aromatic N) is 2. The molecule has 0 saturated heterocycles. The maximum absolute atomic E-state index is 13.1. The molecule has 2 nitrogen and oxygen atoms in total. The molecule has 0 aliphatic carbocycles. The quantitative estimate of drug-likeness (QED) is 0.381. The molecule has 1 heterocycles. The van der Waals surface area contributed by atoms with Gasteiger partial charge in [-0.1, -0.05) is 36.4 Å². The van der Waals surface area contributed by atoms with Crippen molar-refractivity contribution in [1.29, 1.82) is 0 Å². The second-order valence-corrected chi connectivity index (χ2v) is 7.03. The van der Waals surface area contributed by atoms with Crippen molar-refractivity contribution < 1.29 is 13.2 Å². The highest BCUT2D eigenvalue weighted by atomic mass is 19.4. The third-order valence-electron chi connectivity index (χ3n) is 5.02. The zero-order valence-electron chi connectivity index (χ0n) is 15.8. The summed E-state index contributed by atoms with van der Waals surface area (Å²) in [6, 6.07) is 17.6. The number of hydrogen-bond donors (Lipinski definition) is 0. The number of hydrogen-bond acceptors (Lipinski definition) is 1. The van der Waals surface area contributed by atoms with Gasteiger partial charge in [0.2, 0.25) is 0 Å². The van der Waals surface area contributed by atoms with Crippen LogP contribution in [0, 0.1) is 20.8 Å². The third-order valence-corrected chi connectivity index (χ3v) is 5.02. The molecule has 142 valence electrons. The molecule has 0 amide bonds. The van der Waals surface area contributed by atoms with Crippen molar-refractivity contribution in [3.8, 4) is 17.1 Å². The van der Waals surface area contributed by atoms with E-state index in [0.717, 1.165) is 33.9 Å². The first-order valence-corrected chi connectivity index (χ1v) is 8.99. The Bertz CT molecular complexity index is 1170. The van der Waals surface area contributed by atoms with Gasteiger partial charge in [0, 0.05) is 5.56 Å². The number of fused-ring (bicyclic) bond motifs is 1. The molecule has 0 fully saturated rings. The number of alkyl halides is 3. The number of aryl methyl sites for hydroxylation is 3. The van der Waals surface area contributed by atoms with Crippen molar-refractivity contribution >= 4 is 11.0 Å². The molecule has 0 aliphatic rings. The van der Waals surface area contributed by atoms with Gasteiger partial charge < -0.3 is 0 Å². The van der Waals surface area contributed by atoms with Crippen molar-refractivity contribution in [3.05, 3.63) is 82.9 Å². The van der Waals surface area contributed by atoms with E-state index in [9.17, 15) is 13.2 Å². The van der Waals surface area contributed by atoms with Crippen LogP contribution in [0.5, 0.6) is 0 Å². The molecule has 0 N–H and O–H groups in total. The minimum atomic E-state index is -4.37. The fourth-order valence-electron chi connectivity index (χ4n) is 3.68. The average molecular weight is 380 g/mol. The van der Waals surface area contributed by atoms with Crippen molar-refractivity contribution in [2.24, 2.45) is 0 Å². The fraction of sp³-hybridized carbons (Fsp3) is 0.174. The standard InChI is InChI=1S/C23H19F3N2/c1-14-7-6-8-15(2)21(14)28-20-10-5-4-9-19(20)27-22(28)18-12-11-17(13-16(18)3)23(24,25)26/h4-13H,1-3H3. The van der Waals surface area contributed by atoms with Crippen molar-refractivity contribution in [3.63, 3.8) is 0 Å². The van der Waals surface area contributed by atoms with E-state index in [2.05, 4.69) is 4.57 Å². The molecule has 4 aromatic rings. The van der Waals surface area contributed by atoms with E-state index in [1.807, 2.05) is 56.3 Å². The number of rotatable bonds is 2. The van der Waals surface area contributed by atoms with Crippen LogP contribution in [0.15, 0.2) is 60.7 Å². The largest absolute Gasteiger partial charge is 0.416 e. The SMILES string of the molecule is Cc1cc(C(F)(F)F)ccc1-c1nc2ccccc2n1-c1c(C)cccc1C. The summed E-state index contributed by atoms with van der Waals surface area (Å²) in [6.07, 6.45) is -4.37. The summed E-state index contributed by atoms with van der Waals surface area (Å²) in [7, 11) is 0. The monoisotopic (exact) mass is 380 g/mol. The normalized spacial score (nSPS) is 11.9. The van der Waals surface area contributed by atoms with Gasteiger partial charge in [-0.25, -0.2) is 4.98 Å². The zero-order valence-corrected chi connectivity index (χ0v) is 15.8. The third kappa shape index (κ3) is 2.97. The number of benzene rings is 3. The second-order valence-electron chi connectivity index (χ2n) is 7.03. The summed E-state index contributed by atoms with van der Waals surface area (Å²) < 4.78 is 41.3. The number of aromatic nitrogens is 2. The molecule has 0 unspecified atom stereocenters. The molecule has 0 bridgehead atoms. The second kappa shape index (κ2) is 6.51. The summed E-state index contributed by atoms with van der Waals surface area (Å²) in [6.45, 7) is 5.75. The lowest BCUT2D eigenvalue weighted by molar-refractivity contribution is -0.137. The Morgan fingerprint density at radius 1 is 0.786 bits per heavy atom. The minimum Gasteiger partial charge on any atom is -0.292 e. The predicted molar refractivity (Wildman–Crippen MR) is 106 cm³/mol. The van der Waals surface area contributed by atoms with Crippen LogP contribution in [0.4, 0.5) is 13.2 Å². The van der Waals surface area contributed by atoms with Gasteiger partial charge in [0.05, 0.1) is 22.3 Å². The molecule has 3 aromatic carbocycles. The van der Waals surface area contributed by atoms with Crippen molar-refractivity contribution in [1.82, 2.24) is 9.55 Å². The van der Waals surface area contributed by atoms with Gasteiger partial charge in [-0.2, -0.15) is 13.2 Å². The lowest BCUT2D eigenvalue weighted by Crippen LogP contribution is -2.07. The summed E-state index contributed by atoms with van der Waals surface area (Å²) in [5, 5.41) is 0. The van der Waals surface area contributed by atoms with Gasteiger partial charge in [-0.05, 0) is 61.7 Å². The van der Waals surface area contributed by atoms with Crippen LogP contribution in [-0.2, 0) is 6.18 Å². The van der Waals surface area contributed by atoms with Crippen LogP contribution in [0.25, 0.3) is 28.1 Å². The Balaban J connectivity index is 2.04. The van der Waals surface area contributed by atoms with Gasteiger partial charge in [0.15, 0.2) is 0 Å². The highest BCUT2D eigenvalue weighted by Gasteiger charge is 2.31. The van der Waals surface area contributed by atoms with Gasteiger partial charge in [0.1, 0.15) is 5.82 Å². The van der Waals surface area contributed by atoms with Crippen LogP contribution >= 0.6 is 0 Å². The van der Waals surface area contributed by atoms with E-state index in [1.54, 1.807) is 6.92 Å². The smallest absolute Gasteiger partial charge is 0.292 e. The van der Waals surface area contributed by atoms with Crippen molar-refractivity contribution in [2.45, 2.75) is 26.9 Å². The Labute approximate surface area is 161 Å². The molecule has 1 aromatic heterocycles. The van der Waals surface area contributed by atoms with Crippen molar-refractivity contribution in [2.75, 3.05) is 0 Å². The molecule has 0 aliphatic heterocycles. The highest BCUT2D eigenvalue weighted by Crippen LogP contribution is 2.36. The highest BCUT2D eigenvalue weighted by molar-refractivity contribution is 5.84. The summed E-state index contributed by atoms with van der Waals surface area (Å²) in [4.78, 5) is 4.78. The molecule has 0 atom stereocenters. The molecule has 0 spiro atoms. The molecule has 0 saturated carbocycles. The number of imidazole rings is 1. The van der Waals surface area contributed by atoms with Crippen LogP contribution in [0.3, 0.4) is 0 Å². The maximum atomic E-state index is 13.1. The Morgan fingerprint density at radius 2 is 1.46 bits per heavy atom. The summed E-state index contributed by atoms with van der Waals surface area (Å²) in [5.41, 5.74) is 5.47. The molecular formula is C23H19F3N2. The van der Waals surface area contributed by atoms with Gasteiger partial charge >= 0.3 is 6.18 Å². The first kappa shape index (κ1) is 18.3.